The number of hydrogen-bond donors (Lipinski definition) is 1. The van der Waals surface area contributed by atoms with Crippen LogP contribution in [0.1, 0.15) is 24.8 Å². The molecule has 2 aliphatic rings. The van der Waals surface area contributed by atoms with E-state index in [2.05, 4.69) is 0 Å². The number of anilines is 2. The van der Waals surface area contributed by atoms with E-state index in [-0.39, 0.29) is 22.9 Å². The highest BCUT2D eigenvalue weighted by Gasteiger charge is 2.62. The highest BCUT2D eigenvalue weighted by atomic mass is 32.2. The molecule has 0 amide bonds. The fourth-order valence-electron chi connectivity index (χ4n) is 4.23. The molecule has 1 aliphatic carbocycles. The van der Waals surface area contributed by atoms with Crippen molar-refractivity contribution < 1.29 is 45.2 Å². The van der Waals surface area contributed by atoms with Crippen LogP contribution in [-0.2, 0) is 21.8 Å². The van der Waals surface area contributed by atoms with Gasteiger partial charge in [0.25, 0.3) is 5.92 Å². The molecule has 0 bridgehead atoms. The Bertz CT molecular complexity index is 1130. The average Bonchev–Trinajstić information content (AvgIpc) is 2.88. The number of alkyl halides is 5. The Morgan fingerprint density at radius 3 is 2.35 bits per heavy atom. The highest BCUT2D eigenvalue weighted by Crippen LogP contribution is 2.53. The first-order chi connectivity index (χ1) is 15.8. The molecule has 1 aliphatic heterocycles. The highest BCUT2D eigenvalue weighted by molar-refractivity contribution is 7.85. The lowest BCUT2D eigenvalue weighted by atomic mass is 9.66. The number of halogens is 6. The lowest BCUT2D eigenvalue weighted by molar-refractivity contribution is -0.200. The molecule has 0 aromatic heterocycles. The van der Waals surface area contributed by atoms with Gasteiger partial charge < -0.3 is 14.7 Å². The monoisotopic (exact) mass is 507 g/mol. The Morgan fingerprint density at radius 1 is 1.15 bits per heavy atom. The van der Waals surface area contributed by atoms with Crippen molar-refractivity contribution in [2.24, 2.45) is 5.41 Å². The van der Waals surface area contributed by atoms with Gasteiger partial charge in [0.1, 0.15) is 23.6 Å². The fraction of sp³-hybridized carbons (Fsp3) is 0.409. The number of benzene rings is 2. The molecular weight excluding hydrogens is 488 g/mol. The minimum absolute atomic E-state index is 0.00904. The van der Waals surface area contributed by atoms with Crippen LogP contribution in [0.5, 0.6) is 5.75 Å². The van der Waals surface area contributed by atoms with Gasteiger partial charge in [0, 0.05) is 30.8 Å². The Hall–Kier alpha value is -2.76. The molecule has 1 fully saturated rings. The van der Waals surface area contributed by atoms with Crippen LogP contribution in [0.4, 0.5) is 37.7 Å². The molecule has 184 valence electrons. The summed E-state index contributed by atoms with van der Waals surface area (Å²) in [4.78, 5) is 13.0. The van der Waals surface area contributed by atoms with Crippen LogP contribution in [0.2, 0.25) is 0 Å². The fourth-order valence-corrected chi connectivity index (χ4v) is 5.48. The van der Waals surface area contributed by atoms with Crippen LogP contribution >= 0.6 is 0 Å². The lowest BCUT2D eigenvalue weighted by Crippen LogP contribution is -2.54. The van der Waals surface area contributed by atoms with Gasteiger partial charge in [-0.3, -0.25) is 9.00 Å². The molecule has 2 aromatic rings. The summed E-state index contributed by atoms with van der Waals surface area (Å²) < 4.78 is 99.9. The van der Waals surface area contributed by atoms with E-state index in [1.807, 2.05) is 0 Å². The molecule has 1 heterocycles. The smallest absolute Gasteiger partial charge is 0.420 e. The number of nitrogens with zero attached hydrogens (tertiary/aromatic N) is 1. The van der Waals surface area contributed by atoms with Crippen molar-refractivity contribution in [3.8, 4) is 5.75 Å². The van der Waals surface area contributed by atoms with Crippen molar-refractivity contribution >= 4 is 28.1 Å². The second-order valence-electron chi connectivity index (χ2n) is 8.43. The molecule has 0 radical (unpaired) electrons. The average molecular weight is 507 g/mol. The SMILES string of the molecule is O=C(O)C1(COc2cc3c(cc2C(F)(F)F)N(c2ccc(F)cc2)CCCS3=O)CC(F)(F)C1. The summed E-state index contributed by atoms with van der Waals surface area (Å²) in [6.07, 6.45) is -6.67. The maximum atomic E-state index is 13.9. The predicted molar refractivity (Wildman–Crippen MR) is 110 cm³/mol. The van der Waals surface area contributed by atoms with Crippen molar-refractivity contribution in [3.63, 3.8) is 0 Å². The van der Waals surface area contributed by atoms with Gasteiger partial charge in [-0.1, -0.05) is 0 Å². The lowest BCUT2D eigenvalue weighted by Gasteiger charge is -2.43. The molecule has 2 aromatic carbocycles. The summed E-state index contributed by atoms with van der Waals surface area (Å²) in [5.41, 5.74) is -2.89. The summed E-state index contributed by atoms with van der Waals surface area (Å²) in [5, 5.41) is 9.36. The van der Waals surface area contributed by atoms with Crippen LogP contribution in [-0.4, -0.2) is 40.1 Å². The van der Waals surface area contributed by atoms with Crippen LogP contribution in [0.25, 0.3) is 0 Å². The predicted octanol–water partition coefficient (Wildman–Crippen LogP) is 5.37. The maximum Gasteiger partial charge on any atom is 0.420 e. The number of carboxylic acid groups (broad SMARTS) is 1. The zero-order valence-electron chi connectivity index (χ0n) is 17.5. The zero-order valence-corrected chi connectivity index (χ0v) is 18.3. The summed E-state index contributed by atoms with van der Waals surface area (Å²) in [7, 11) is -1.71. The van der Waals surface area contributed by atoms with Gasteiger partial charge in [0.15, 0.2) is 0 Å². The molecule has 1 unspecified atom stereocenters. The van der Waals surface area contributed by atoms with E-state index in [4.69, 9.17) is 4.74 Å². The summed E-state index contributed by atoms with van der Waals surface area (Å²) in [5.74, 6) is -6.00. The zero-order chi connectivity index (χ0) is 24.9. The second kappa shape index (κ2) is 8.47. The standard InChI is InChI=1S/C22H19F6NO4S/c23-13-2-4-14(5-3-13)29-6-1-7-34(32)18-9-17(15(8-16(18)29)22(26,27)28)33-12-20(19(30)31)10-21(24,25)11-20/h2-5,8-9H,1,6-7,10-12H2,(H,30,31). The van der Waals surface area contributed by atoms with Crippen LogP contribution in [0.3, 0.4) is 0 Å². The van der Waals surface area contributed by atoms with Crippen molar-refractivity contribution in [1.82, 2.24) is 0 Å². The third-order valence-corrected chi connectivity index (χ3v) is 7.38. The molecule has 34 heavy (non-hydrogen) atoms. The van der Waals surface area contributed by atoms with Crippen molar-refractivity contribution in [3.05, 3.63) is 47.8 Å². The number of fused-ring (bicyclic) bond motifs is 1. The quantitative estimate of drug-likeness (QED) is 0.551. The third-order valence-electron chi connectivity index (χ3n) is 5.90. The van der Waals surface area contributed by atoms with Gasteiger partial charge in [-0.25, -0.2) is 13.2 Å². The van der Waals surface area contributed by atoms with Crippen LogP contribution in [0.15, 0.2) is 41.3 Å². The molecule has 5 nitrogen and oxygen atoms in total. The largest absolute Gasteiger partial charge is 0.492 e. The van der Waals surface area contributed by atoms with Gasteiger partial charge in [0.05, 0.1) is 26.9 Å². The molecule has 1 saturated carbocycles. The van der Waals surface area contributed by atoms with Crippen molar-refractivity contribution in [2.45, 2.75) is 36.3 Å². The number of carboxylic acids is 1. The normalized spacial score (nSPS) is 21.2. The van der Waals surface area contributed by atoms with Gasteiger partial charge in [-0.05, 0) is 42.8 Å². The van der Waals surface area contributed by atoms with E-state index in [0.717, 1.165) is 24.3 Å². The number of hydrogen-bond acceptors (Lipinski definition) is 4. The summed E-state index contributed by atoms with van der Waals surface area (Å²) in [6.45, 7) is -0.673. The Kier molecular flexibility index (Phi) is 6.07. The van der Waals surface area contributed by atoms with Crippen molar-refractivity contribution in [1.29, 1.82) is 0 Å². The van der Waals surface area contributed by atoms with E-state index in [1.54, 1.807) is 0 Å². The first-order valence-electron chi connectivity index (χ1n) is 10.2. The van der Waals surface area contributed by atoms with E-state index in [0.29, 0.717) is 12.1 Å². The van der Waals surface area contributed by atoms with Gasteiger partial charge in [0.2, 0.25) is 0 Å². The number of ether oxygens (including phenoxy) is 1. The Labute approximate surface area is 192 Å². The van der Waals surface area contributed by atoms with E-state index in [9.17, 15) is 40.5 Å². The van der Waals surface area contributed by atoms with Crippen molar-refractivity contribution in [2.75, 3.05) is 23.8 Å². The molecule has 0 saturated heterocycles. The van der Waals surface area contributed by atoms with Crippen LogP contribution < -0.4 is 9.64 Å². The summed E-state index contributed by atoms with van der Waals surface area (Å²) >= 11 is 0. The maximum absolute atomic E-state index is 13.9. The molecule has 1 atom stereocenters. The molecule has 0 spiro atoms. The minimum Gasteiger partial charge on any atom is -0.492 e. The van der Waals surface area contributed by atoms with E-state index >= 15 is 0 Å². The Balaban J connectivity index is 1.76. The van der Waals surface area contributed by atoms with Gasteiger partial charge in [-0.2, -0.15) is 13.2 Å². The minimum atomic E-state index is -4.94. The molecular formula is C22H19F6NO4S. The second-order valence-corrected chi connectivity index (χ2v) is 9.97. The van der Waals surface area contributed by atoms with E-state index in [1.165, 1.54) is 17.0 Å². The van der Waals surface area contributed by atoms with E-state index < -0.39 is 70.9 Å². The number of aliphatic carboxylic acids is 1. The third kappa shape index (κ3) is 4.59. The first kappa shape index (κ1) is 24.4. The molecule has 1 N–H and O–H groups in total. The number of carbonyl (C=O) groups is 1. The number of rotatable bonds is 5. The molecule has 12 heteroatoms. The van der Waals surface area contributed by atoms with Gasteiger partial charge >= 0.3 is 12.1 Å². The van der Waals surface area contributed by atoms with Crippen LogP contribution in [0, 0.1) is 11.2 Å². The topological polar surface area (TPSA) is 66.8 Å². The van der Waals surface area contributed by atoms with Gasteiger partial charge in [-0.15, -0.1) is 0 Å². The molecule has 4 rings (SSSR count). The summed E-state index contributed by atoms with van der Waals surface area (Å²) in [6, 6.07) is 6.76. The Morgan fingerprint density at radius 2 is 1.79 bits per heavy atom. The first-order valence-corrected chi connectivity index (χ1v) is 11.5.